The van der Waals surface area contributed by atoms with Gasteiger partial charge in [0.05, 0.1) is 5.56 Å². The molecule has 1 aliphatic rings. The average molecular weight is 402 g/mol. The first-order valence-electron chi connectivity index (χ1n) is 8.77. The van der Waals surface area contributed by atoms with Crippen LogP contribution in [-0.4, -0.2) is 49.0 Å². The summed E-state index contributed by atoms with van der Waals surface area (Å²) < 4.78 is 37.8. The Hall–Kier alpha value is -1.90. The van der Waals surface area contributed by atoms with Gasteiger partial charge in [0.15, 0.2) is 5.96 Å². The summed E-state index contributed by atoms with van der Waals surface area (Å²) in [7, 11) is 1.68. The number of rotatable bonds is 6. The van der Waals surface area contributed by atoms with E-state index in [4.69, 9.17) is 0 Å². The van der Waals surface area contributed by atoms with Gasteiger partial charge in [0, 0.05) is 37.0 Å². The highest BCUT2D eigenvalue weighted by Gasteiger charge is 2.30. The topological polar surface area (TPSA) is 65.5 Å². The van der Waals surface area contributed by atoms with Crippen LogP contribution < -0.4 is 16.0 Å². The molecule has 1 heterocycles. The smallest absolute Gasteiger partial charge is 0.355 e. The Bertz CT molecular complexity index is 656. The number of nitrogens with zero attached hydrogens (tertiary/aromatic N) is 1. The number of halogens is 3. The Labute approximate surface area is 161 Å². The fourth-order valence-corrected chi connectivity index (χ4v) is 3.98. The minimum atomic E-state index is -4.41. The molecular weight excluding hydrogens is 377 g/mol. The third-order valence-electron chi connectivity index (χ3n) is 4.33. The molecule has 3 N–H and O–H groups in total. The molecule has 1 atom stereocenters. The summed E-state index contributed by atoms with van der Waals surface area (Å²) in [5.74, 6) is 1.43. The fraction of sp³-hybridized carbons (Fsp3) is 0.556. The van der Waals surface area contributed by atoms with E-state index in [1.165, 1.54) is 30.7 Å². The van der Waals surface area contributed by atoms with Gasteiger partial charge in [-0.1, -0.05) is 0 Å². The van der Waals surface area contributed by atoms with E-state index in [1.54, 1.807) is 7.05 Å². The number of benzene rings is 1. The van der Waals surface area contributed by atoms with Crippen molar-refractivity contribution < 1.29 is 18.0 Å². The molecular formula is C18H25F3N4OS. The lowest BCUT2D eigenvalue weighted by atomic mass is 10.1. The lowest BCUT2D eigenvalue weighted by molar-refractivity contribution is -0.137. The molecule has 9 heteroatoms. The van der Waals surface area contributed by atoms with Crippen molar-refractivity contribution >= 4 is 23.6 Å². The van der Waals surface area contributed by atoms with E-state index in [-0.39, 0.29) is 10.3 Å². The molecule has 2 rings (SSSR count). The largest absolute Gasteiger partial charge is 0.416 e. The maximum absolute atomic E-state index is 12.5. The first-order chi connectivity index (χ1) is 12.7. The van der Waals surface area contributed by atoms with Gasteiger partial charge in [-0.2, -0.15) is 24.9 Å². The first kappa shape index (κ1) is 21.4. The van der Waals surface area contributed by atoms with Crippen LogP contribution in [0.4, 0.5) is 13.2 Å². The van der Waals surface area contributed by atoms with Gasteiger partial charge in [0.25, 0.3) is 5.91 Å². The van der Waals surface area contributed by atoms with E-state index in [0.717, 1.165) is 18.7 Å². The minimum Gasteiger partial charge on any atom is -0.355 e. The third kappa shape index (κ3) is 6.64. The van der Waals surface area contributed by atoms with Crippen molar-refractivity contribution in [1.29, 1.82) is 0 Å². The molecule has 0 radical (unpaired) electrons. The van der Waals surface area contributed by atoms with Crippen molar-refractivity contribution in [3.05, 3.63) is 35.4 Å². The molecule has 0 aromatic heterocycles. The summed E-state index contributed by atoms with van der Waals surface area (Å²) in [5.41, 5.74) is -0.582. The summed E-state index contributed by atoms with van der Waals surface area (Å²) in [5, 5.41) is 9.08. The molecule has 150 valence electrons. The Morgan fingerprint density at radius 2 is 1.85 bits per heavy atom. The molecule has 1 unspecified atom stereocenters. The van der Waals surface area contributed by atoms with Crippen LogP contribution in [0.15, 0.2) is 29.3 Å². The highest BCUT2D eigenvalue weighted by atomic mass is 32.2. The lowest BCUT2D eigenvalue weighted by Gasteiger charge is -2.24. The van der Waals surface area contributed by atoms with Crippen LogP contribution in [0.5, 0.6) is 0 Å². The molecule has 1 aromatic rings. The van der Waals surface area contributed by atoms with Gasteiger partial charge in [-0.25, -0.2) is 0 Å². The van der Waals surface area contributed by atoms with Crippen LogP contribution in [0.25, 0.3) is 0 Å². The maximum Gasteiger partial charge on any atom is 0.416 e. The van der Waals surface area contributed by atoms with Crippen LogP contribution in [0.2, 0.25) is 0 Å². The van der Waals surface area contributed by atoms with E-state index in [9.17, 15) is 18.0 Å². The summed E-state index contributed by atoms with van der Waals surface area (Å²) in [4.78, 5) is 16.1. The van der Waals surface area contributed by atoms with Crippen molar-refractivity contribution in [3.8, 4) is 0 Å². The quantitative estimate of drug-likeness (QED) is 0.389. The normalized spacial score (nSPS) is 20.4. The van der Waals surface area contributed by atoms with Crippen LogP contribution in [0, 0.1) is 0 Å². The zero-order chi connectivity index (χ0) is 19.9. The van der Waals surface area contributed by atoms with Crippen molar-refractivity contribution in [3.63, 3.8) is 0 Å². The molecule has 5 nitrogen and oxygen atoms in total. The number of nitrogens with one attached hydrogen (secondary N) is 3. The Morgan fingerprint density at radius 3 is 2.41 bits per heavy atom. The monoisotopic (exact) mass is 402 g/mol. The number of guanidine groups is 1. The Morgan fingerprint density at radius 1 is 1.19 bits per heavy atom. The SMILES string of the molecule is CN=C(NCCNC(=O)c1ccc(C(F)(F)F)cc1)NCC1(C)CCCS1. The molecule has 0 saturated carbocycles. The minimum absolute atomic E-state index is 0.191. The highest BCUT2D eigenvalue weighted by Crippen LogP contribution is 2.36. The number of thioether (sulfide) groups is 1. The number of hydrogen-bond acceptors (Lipinski definition) is 3. The molecule has 1 saturated heterocycles. The van der Waals surface area contributed by atoms with Gasteiger partial charge < -0.3 is 16.0 Å². The summed E-state index contributed by atoms with van der Waals surface area (Å²) in [6.45, 7) is 3.83. The molecule has 27 heavy (non-hydrogen) atoms. The van der Waals surface area contributed by atoms with E-state index < -0.39 is 17.6 Å². The molecule has 0 spiro atoms. The van der Waals surface area contributed by atoms with Gasteiger partial charge in [-0.05, 0) is 49.8 Å². The van der Waals surface area contributed by atoms with Crippen LogP contribution in [0.1, 0.15) is 35.7 Å². The highest BCUT2D eigenvalue weighted by molar-refractivity contribution is 8.00. The number of aliphatic imine (C=N–C) groups is 1. The third-order valence-corrected chi connectivity index (χ3v) is 5.87. The zero-order valence-electron chi connectivity index (χ0n) is 15.4. The second-order valence-corrected chi connectivity index (χ2v) is 8.27. The van der Waals surface area contributed by atoms with Crippen LogP contribution in [-0.2, 0) is 6.18 Å². The van der Waals surface area contributed by atoms with Crippen molar-refractivity contribution in [2.24, 2.45) is 4.99 Å². The number of carbonyl (C=O) groups excluding carboxylic acids is 1. The molecule has 1 aromatic carbocycles. The summed E-state index contributed by atoms with van der Waals surface area (Å²) in [6.07, 6.45) is -2.01. The van der Waals surface area contributed by atoms with Gasteiger partial charge in [0.1, 0.15) is 0 Å². The number of hydrogen-bond donors (Lipinski definition) is 3. The second kappa shape index (κ2) is 9.34. The predicted octanol–water partition coefficient (Wildman–Crippen LogP) is 2.89. The van der Waals surface area contributed by atoms with Gasteiger partial charge in [-0.15, -0.1) is 0 Å². The van der Waals surface area contributed by atoms with Gasteiger partial charge in [0.2, 0.25) is 0 Å². The molecule has 1 aliphatic heterocycles. The van der Waals surface area contributed by atoms with Crippen molar-refractivity contribution in [2.75, 3.05) is 32.4 Å². The predicted molar refractivity (Wildman–Crippen MR) is 103 cm³/mol. The van der Waals surface area contributed by atoms with Gasteiger partial charge in [-0.3, -0.25) is 9.79 Å². The standard InChI is InChI=1S/C18H25F3N4OS/c1-17(8-3-11-27-17)12-25-16(22-2)24-10-9-23-15(26)13-4-6-14(7-5-13)18(19,20)21/h4-7H,3,8-12H2,1-2H3,(H,23,26)(H2,22,24,25). The van der Waals surface area contributed by atoms with Crippen molar-refractivity contribution in [1.82, 2.24) is 16.0 Å². The molecule has 0 aliphatic carbocycles. The fourth-order valence-electron chi connectivity index (χ4n) is 2.74. The van der Waals surface area contributed by atoms with Crippen LogP contribution in [0.3, 0.4) is 0 Å². The Balaban J connectivity index is 1.71. The zero-order valence-corrected chi connectivity index (χ0v) is 16.3. The number of amides is 1. The summed E-state index contributed by atoms with van der Waals surface area (Å²) in [6, 6.07) is 4.15. The molecule has 1 amide bonds. The van der Waals surface area contributed by atoms with E-state index >= 15 is 0 Å². The average Bonchev–Trinajstić information content (AvgIpc) is 3.07. The van der Waals surface area contributed by atoms with E-state index in [1.807, 2.05) is 11.8 Å². The maximum atomic E-state index is 12.5. The molecule has 0 bridgehead atoms. The summed E-state index contributed by atoms with van der Waals surface area (Å²) >= 11 is 1.96. The first-order valence-corrected chi connectivity index (χ1v) is 9.76. The van der Waals surface area contributed by atoms with Crippen molar-refractivity contribution in [2.45, 2.75) is 30.7 Å². The van der Waals surface area contributed by atoms with Crippen LogP contribution >= 0.6 is 11.8 Å². The van der Waals surface area contributed by atoms with E-state index in [2.05, 4.69) is 27.9 Å². The van der Waals surface area contributed by atoms with E-state index in [0.29, 0.717) is 19.0 Å². The number of carbonyl (C=O) groups is 1. The lowest BCUT2D eigenvalue weighted by Crippen LogP contribution is -2.45. The Kier molecular flexibility index (Phi) is 7.41. The second-order valence-electron chi connectivity index (χ2n) is 6.59. The van der Waals surface area contributed by atoms with Gasteiger partial charge >= 0.3 is 6.18 Å². The molecule has 1 fully saturated rings. The number of alkyl halides is 3.